The van der Waals surface area contributed by atoms with Crippen LogP contribution >= 0.6 is 0 Å². The lowest BCUT2D eigenvalue weighted by molar-refractivity contribution is -0.100. The number of nitrogens with zero attached hydrogens (tertiary/aromatic N) is 1. The second-order valence-electron chi connectivity index (χ2n) is 6.52. The Hall–Kier alpha value is -2.67. The van der Waals surface area contributed by atoms with Gasteiger partial charge in [-0.2, -0.15) is 5.06 Å². The molecular formula is C22H25NO5. The molecule has 0 aliphatic heterocycles. The van der Waals surface area contributed by atoms with Crippen LogP contribution in [0, 0.1) is 0 Å². The minimum absolute atomic E-state index is 0.117. The molecule has 0 unspecified atom stereocenters. The number of rotatable bonds is 9. The first-order valence-electron chi connectivity index (χ1n) is 9.33. The van der Waals surface area contributed by atoms with Crippen LogP contribution in [-0.2, 0) is 27.4 Å². The van der Waals surface area contributed by atoms with Crippen LogP contribution in [0.15, 0.2) is 72.8 Å². The molecule has 2 aromatic carbocycles. The number of hydrogen-bond acceptors (Lipinski definition) is 5. The zero-order valence-electron chi connectivity index (χ0n) is 15.6. The molecule has 0 radical (unpaired) electrons. The molecule has 6 heteroatoms. The zero-order valence-corrected chi connectivity index (χ0v) is 15.6. The summed E-state index contributed by atoms with van der Waals surface area (Å²) in [5, 5.41) is 10.7. The van der Waals surface area contributed by atoms with Gasteiger partial charge < -0.3 is 14.2 Å². The Morgan fingerprint density at radius 1 is 0.929 bits per heavy atom. The van der Waals surface area contributed by atoms with Gasteiger partial charge in [0.25, 0.3) is 0 Å². The lowest BCUT2D eigenvalue weighted by Gasteiger charge is -2.21. The second kappa shape index (κ2) is 10.6. The molecule has 1 amide bonds. The predicted octanol–water partition coefficient (Wildman–Crippen LogP) is 3.94. The van der Waals surface area contributed by atoms with Gasteiger partial charge in [0.2, 0.25) is 0 Å². The van der Waals surface area contributed by atoms with E-state index in [1.54, 1.807) is 6.08 Å². The molecule has 0 aromatic heterocycles. The third-order valence-corrected chi connectivity index (χ3v) is 4.40. The fourth-order valence-electron chi connectivity index (χ4n) is 2.90. The van der Waals surface area contributed by atoms with E-state index in [0.29, 0.717) is 31.3 Å². The molecule has 2 aromatic rings. The average Bonchev–Trinajstić information content (AvgIpc) is 3.21. The molecule has 0 saturated heterocycles. The first-order chi connectivity index (χ1) is 13.7. The first-order valence-corrected chi connectivity index (χ1v) is 9.33. The highest BCUT2D eigenvalue weighted by molar-refractivity contribution is 5.67. The van der Waals surface area contributed by atoms with Crippen molar-refractivity contribution in [2.45, 2.75) is 31.8 Å². The minimum atomic E-state index is -0.773. The molecule has 0 bridgehead atoms. The van der Waals surface area contributed by atoms with E-state index in [-0.39, 0.29) is 12.7 Å². The van der Waals surface area contributed by atoms with Crippen LogP contribution in [0.2, 0.25) is 0 Å². The smallest absolute Gasteiger partial charge is 0.434 e. The Balaban J connectivity index is 1.31. The van der Waals surface area contributed by atoms with Gasteiger partial charge in [-0.15, -0.1) is 0 Å². The van der Waals surface area contributed by atoms with Crippen LogP contribution in [0.1, 0.15) is 17.5 Å². The van der Waals surface area contributed by atoms with Crippen LogP contribution in [0.25, 0.3) is 0 Å². The largest absolute Gasteiger partial charge is 0.443 e. The lowest BCUT2D eigenvalue weighted by Crippen LogP contribution is -2.36. The monoisotopic (exact) mass is 383 g/mol. The van der Waals surface area contributed by atoms with Crippen LogP contribution in [0.3, 0.4) is 0 Å². The third-order valence-electron chi connectivity index (χ3n) is 4.40. The first kappa shape index (κ1) is 20.1. The highest BCUT2D eigenvalue weighted by Crippen LogP contribution is 2.19. The van der Waals surface area contributed by atoms with Gasteiger partial charge in [0.05, 0.1) is 32.0 Å². The van der Waals surface area contributed by atoms with Gasteiger partial charge in [0, 0.05) is 6.42 Å². The topological polar surface area (TPSA) is 68.2 Å². The summed E-state index contributed by atoms with van der Waals surface area (Å²) in [6.45, 7) is 1.58. The van der Waals surface area contributed by atoms with Crippen LogP contribution in [0.4, 0.5) is 4.79 Å². The number of hydroxylamine groups is 2. The summed E-state index contributed by atoms with van der Waals surface area (Å²) in [7, 11) is 0. The summed E-state index contributed by atoms with van der Waals surface area (Å²) in [6, 6.07) is 18.8. The van der Waals surface area contributed by atoms with E-state index in [4.69, 9.17) is 14.2 Å². The molecular weight excluding hydrogens is 358 g/mol. The van der Waals surface area contributed by atoms with E-state index in [1.807, 2.05) is 66.7 Å². The SMILES string of the molecule is O=C(OCc1ccccc1)N(O)[C@@H]1C=C[C@H](OCCOCc2ccccc2)C1. The minimum Gasteiger partial charge on any atom is -0.443 e. The Kier molecular flexibility index (Phi) is 7.61. The van der Waals surface area contributed by atoms with E-state index in [2.05, 4.69) is 0 Å². The molecule has 0 spiro atoms. The Morgan fingerprint density at radius 3 is 2.25 bits per heavy atom. The molecule has 2 atom stereocenters. The average molecular weight is 383 g/mol. The van der Waals surface area contributed by atoms with Gasteiger partial charge in [-0.3, -0.25) is 5.21 Å². The molecule has 0 saturated carbocycles. The van der Waals surface area contributed by atoms with Gasteiger partial charge in [-0.25, -0.2) is 4.79 Å². The van der Waals surface area contributed by atoms with Gasteiger partial charge >= 0.3 is 6.09 Å². The summed E-state index contributed by atoms with van der Waals surface area (Å²) in [4.78, 5) is 12.0. The molecule has 148 valence electrons. The van der Waals surface area contributed by atoms with Gasteiger partial charge in [0.1, 0.15) is 6.61 Å². The standard InChI is InChI=1S/C22H25NO5/c24-22(28-17-19-9-5-2-6-10-19)23(25)20-11-12-21(15-20)27-14-13-26-16-18-7-3-1-4-8-18/h1-12,20-21,25H,13-17H2/t20-,21+/m1/s1. The third kappa shape index (κ3) is 6.20. The van der Waals surface area contributed by atoms with Crippen molar-refractivity contribution in [2.24, 2.45) is 0 Å². The summed E-state index contributed by atoms with van der Waals surface area (Å²) in [6.07, 6.45) is 3.14. The Bertz CT molecular complexity index is 750. The van der Waals surface area contributed by atoms with Gasteiger partial charge in [-0.05, 0) is 11.1 Å². The molecule has 0 fully saturated rings. The number of benzene rings is 2. The summed E-state index contributed by atoms with van der Waals surface area (Å²) in [5.74, 6) is 0. The molecule has 3 rings (SSSR count). The maximum absolute atomic E-state index is 12.0. The summed E-state index contributed by atoms with van der Waals surface area (Å²) < 4.78 is 16.4. The number of hydrogen-bond donors (Lipinski definition) is 1. The maximum Gasteiger partial charge on any atom is 0.434 e. The van der Waals surface area contributed by atoms with E-state index < -0.39 is 12.1 Å². The van der Waals surface area contributed by atoms with Crippen molar-refractivity contribution >= 4 is 6.09 Å². The molecule has 1 N–H and O–H groups in total. The van der Waals surface area contributed by atoms with Crippen molar-refractivity contribution in [3.8, 4) is 0 Å². The maximum atomic E-state index is 12.0. The fraction of sp³-hybridized carbons (Fsp3) is 0.318. The highest BCUT2D eigenvalue weighted by Gasteiger charge is 2.28. The fourth-order valence-corrected chi connectivity index (χ4v) is 2.90. The van der Waals surface area contributed by atoms with Crippen molar-refractivity contribution in [1.82, 2.24) is 5.06 Å². The Labute approximate surface area is 164 Å². The van der Waals surface area contributed by atoms with E-state index >= 15 is 0 Å². The molecule has 6 nitrogen and oxygen atoms in total. The zero-order chi connectivity index (χ0) is 19.6. The van der Waals surface area contributed by atoms with Crippen LogP contribution < -0.4 is 0 Å². The van der Waals surface area contributed by atoms with E-state index in [0.717, 1.165) is 11.1 Å². The van der Waals surface area contributed by atoms with E-state index in [1.165, 1.54) is 0 Å². The summed E-state index contributed by atoms with van der Waals surface area (Å²) in [5.41, 5.74) is 1.98. The van der Waals surface area contributed by atoms with Crippen LogP contribution in [0.5, 0.6) is 0 Å². The normalized spacial score (nSPS) is 18.2. The Morgan fingerprint density at radius 2 is 1.57 bits per heavy atom. The van der Waals surface area contributed by atoms with Gasteiger partial charge in [0.15, 0.2) is 0 Å². The number of amides is 1. The van der Waals surface area contributed by atoms with Crippen molar-refractivity contribution in [3.63, 3.8) is 0 Å². The van der Waals surface area contributed by atoms with Crippen molar-refractivity contribution in [2.75, 3.05) is 13.2 Å². The van der Waals surface area contributed by atoms with Crippen LogP contribution in [-0.4, -0.2) is 41.7 Å². The van der Waals surface area contributed by atoms with Crippen molar-refractivity contribution in [3.05, 3.63) is 83.9 Å². The lowest BCUT2D eigenvalue weighted by atomic mass is 10.2. The molecule has 0 heterocycles. The number of carbonyl (C=O) groups excluding carboxylic acids is 1. The highest BCUT2D eigenvalue weighted by atomic mass is 16.6. The number of carbonyl (C=O) groups is 1. The predicted molar refractivity (Wildman–Crippen MR) is 104 cm³/mol. The van der Waals surface area contributed by atoms with Crippen molar-refractivity contribution < 1.29 is 24.2 Å². The number of ether oxygens (including phenoxy) is 3. The summed E-state index contributed by atoms with van der Waals surface area (Å²) >= 11 is 0. The molecule has 1 aliphatic rings. The van der Waals surface area contributed by atoms with E-state index in [9.17, 15) is 10.0 Å². The molecule has 1 aliphatic carbocycles. The quantitative estimate of drug-likeness (QED) is 0.307. The second-order valence-corrected chi connectivity index (χ2v) is 6.52. The van der Waals surface area contributed by atoms with Gasteiger partial charge in [-0.1, -0.05) is 72.8 Å². The van der Waals surface area contributed by atoms with Crippen molar-refractivity contribution in [1.29, 1.82) is 0 Å². The molecule has 28 heavy (non-hydrogen) atoms.